The van der Waals surface area contributed by atoms with Gasteiger partial charge in [-0.3, -0.25) is 14.9 Å². The van der Waals surface area contributed by atoms with E-state index in [1.54, 1.807) is 0 Å². The number of aryl methyl sites for hydroxylation is 2. The number of hydrogen-bond acceptors (Lipinski definition) is 16. The minimum absolute atomic E-state index is 0.0467. The number of hydrogen-bond donors (Lipinski definition) is 4. The van der Waals surface area contributed by atoms with Gasteiger partial charge < -0.3 is 40.5 Å². The third-order valence-corrected chi connectivity index (χ3v) is 11.8. The van der Waals surface area contributed by atoms with Crippen molar-refractivity contribution in [1.29, 1.82) is 0 Å². The van der Waals surface area contributed by atoms with Crippen molar-refractivity contribution < 1.29 is 33.3 Å². The molecule has 2 heterocycles. The van der Waals surface area contributed by atoms with Gasteiger partial charge in [0.05, 0.1) is 39.5 Å². The average molecular weight is 1060 g/mol. The number of carbonyl (C=O) groups is 2. The fraction of sp³-hybridized carbons (Fsp3) is 0.467. The molecule has 0 radical (unpaired) electrons. The lowest BCUT2D eigenvalue weighted by Crippen LogP contribution is -2.17. The number of nitrogens with one attached hydrogen (secondary N) is 2. The fourth-order valence-electron chi connectivity index (χ4n) is 7.77. The monoisotopic (exact) mass is 1050 g/mol. The van der Waals surface area contributed by atoms with E-state index in [4.69, 9.17) is 35.2 Å². The van der Waals surface area contributed by atoms with Crippen LogP contribution in [0.3, 0.4) is 0 Å². The molecule has 414 valence electrons. The molecule has 4 aromatic carbocycles. The van der Waals surface area contributed by atoms with Crippen LogP contribution in [0.4, 0.5) is 11.9 Å². The van der Waals surface area contributed by atoms with Gasteiger partial charge in [0.15, 0.2) is 0 Å². The molecule has 0 spiro atoms. The number of nitrogens with zero attached hydrogens (tertiary/aromatic N) is 6. The largest absolute Gasteiger partial charge is 0.494 e. The summed E-state index contributed by atoms with van der Waals surface area (Å²) in [6, 6.07) is 33.0. The summed E-state index contributed by atoms with van der Waals surface area (Å²) in [6.07, 6.45) is 15.5. The first-order valence-electron chi connectivity index (χ1n) is 27.6. The summed E-state index contributed by atoms with van der Waals surface area (Å²) in [4.78, 5) is 48.7. The Morgan fingerprint density at radius 3 is 1.31 bits per heavy atom. The van der Waals surface area contributed by atoms with Gasteiger partial charge in [-0.25, -0.2) is 4.98 Å². The van der Waals surface area contributed by atoms with Gasteiger partial charge in [0, 0.05) is 39.3 Å². The Balaban J connectivity index is 0.000000284. The highest BCUT2D eigenvalue weighted by atomic mass is 16.5. The Hall–Kier alpha value is -7.24. The van der Waals surface area contributed by atoms with Gasteiger partial charge in [-0.05, 0) is 116 Å². The zero-order chi connectivity index (χ0) is 54.7. The zero-order valence-electron chi connectivity index (χ0n) is 45.9. The Labute approximate surface area is 456 Å². The topological polar surface area (TPSA) is 234 Å². The van der Waals surface area contributed by atoms with Crippen LogP contribution in [0.5, 0.6) is 29.0 Å². The highest BCUT2D eigenvalue weighted by Gasteiger charge is 2.11. The molecule has 6 aromatic rings. The summed E-state index contributed by atoms with van der Waals surface area (Å²) in [5, 5.41) is 5.65. The number of aromatic nitrogens is 6. The summed E-state index contributed by atoms with van der Waals surface area (Å²) in [6.45, 7) is 12.0. The number of benzene rings is 4. The molecule has 1 amide bonds. The van der Waals surface area contributed by atoms with Crippen molar-refractivity contribution in [3.63, 3.8) is 0 Å². The maximum Gasteiger partial charge on any atom is 0.321 e. The molecule has 0 bridgehead atoms. The Bertz CT molecular complexity index is 2530. The molecular weight excluding hydrogens is 973 g/mol. The third-order valence-electron chi connectivity index (χ3n) is 11.8. The maximum absolute atomic E-state index is 11.5. The van der Waals surface area contributed by atoms with E-state index < -0.39 is 0 Å². The first kappa shape index (κ1) is 60.6. The maximum atomic E-state index is 11.5. The van der Waals surface area contributed by atoms with Crippen molar-refractivity contribution in [2.45, 2.75) is 130 Å². The normalized spacial score (nSPS) is 10.8. The second kappa shape index (κ2) is 35.9. The van der Waals surface area contributed by atoms with Crippen LogP contribution >= 0.6 is 0 Å². The number of unbranched alkanes of at least 4 members (excludes halogenated alkanes) is 8. The molecule has 6 N–H and O–H groups in total. The lowest BCUT2D eigenvalue weighted by molar-refractivity contribution is -0.116. The molecule has 0 aliphatic carbocycles. The van der Waals surface area contributed by atoms with E-state index in [0.29, 0.717) is 88.1 Å². The van der Waals surface area contributed by atoms with E-state index in [9.17, 15) is 9.59 Å². The van der Waals surface area contributed by atoms with Crippen LogP contribution in [0.15, 0.2) is 97.1 Å². The van der Waals surface area contributed by atoms with Crippen molar-refractivity contribution in [3.8, 4) is 51.3 Å². The summed E-state index contributed by atoms with van der Waals surface area (Å²) in [5.74, 6) is 5.37. The van der Waals surface area contributed by atoms with E-state index in [-0.39, 0.29) is 24.1 Å². The molecule has 17 nitrogen and oxygen atoms in total. The van der Waals surface area contributed by atoms with E-state index in [1.165, 1.54) is 58.8 Å². The SMILES string of the molecule is CCCCCCCOc1ccc(-c2ccc(OCCCOc3nc(CCCN)nc(NCCN)n3)cc2)cc1.CCCCCCOc1ccc(-c2ccc(OCCCCc3nc(CC(C)=O)nc(NC(C)=O)n3)cc2)cc1. The van der Waals surface area contributed by atoms with Crippen molar-refractivity contribution in [2.24, 2.45) is 11.5 Å². The third kappa shape index (κ3) is 24.5. The molecule has 0 aliphatic heterocycles. The Morgan fingerprint density at radius 1 is 0.429 bits per heavy atom. The van der Waals surface area contributed by atoms with E-state index >= 15 is 0 Å². The van der Waals surface area contributed by atoms with E-state index in [1.807, 2.05) is 48.5 Å². The van der Waals surface area contributed by atoms with Gasteiger partial charge in [0.1, 0.15) is 46.3 Å². The second-order valence-electron chi connectivity index (χ2n) is 18.6. The van der Waals surface area contributed by atoms with Crippen molar-refractivity contribution >= 4 is 23.6 Å². The van der Waals surface area contributed by atoms with Crippen molar-refractivity contribution in [2.75, 3.05) is 63.3 Å². The number of amides is 1. The molecule has 77 heavy (non-hydrogen) atoms. The Morgan fingerprint density at radius 2 is 0.844 bits per heavy atom. The number of Topliss-reactive ketones (excluding diaryl/α,β-unsaturated/α-hetero) is 1. The van der Waals surface area contributed by atoms with Crippen LogP contribution in [0.2, 0.25) is 0 Å². The molecule has 0 saturated carbocycles. The molecule has 0 fully saturated rings. The molecular formula is C60H82N10O7. The van der Waals surface area contributed by atoms with Crippen LogP contribution in [-0.2, 0) is 28.9 Å². The van der Waals surface area contributed by atoms with E-state index in [2.05, 4.69) is 103 Å². The second-order valence-corrected chi connectivity index (χ2v) is 18.6. The first-order valence-corrected chi connectivity index (χ1v) is 27.6. The van der Waals surface area contributed by atoms with Gasteiger partial charge in [-0.15, -0.1) is 0 Å². The predicted octanol–water partition coefficient (Wildman–Crippen LogP) is 11.0. The fourth-order valence-corrected chi connectivity index (χ4v) is 7.77. The summed E-state index contributed by atoms with van der Waals surface area (Å²) >= 11 is 0. The van der Waals surface area contributed by atoms with E-state index in [0.717, 1.165) is 90.6 Å². The highest BCUT2D eigenvalue weighted by Crippen LogP contribution is 2.27. The number of rotatable bonds is 36. The molecule has 6 rings (SSSR count). The number of ketones is 1. The van der Waals surface area contributed by atoms with Crippen LogP contribution < -0.4 is 45.8 Å². The zero-order valence-corrected chi connectivity index (χ0v) is 45.9. The molecule has 17 heteroatoms. The van der Waals surface area contributed by atoms with Crippen molar-refractivity contribution in [3.05, 3.63) is 115 Å². The standard InChI is InChI=1S/C30H44N6O3.C30H38N4O4/c1-2-3-4-5-6-21-37-26-14-10-24(11-15-26)25-12-16-27(17-13-25)38-22-8-23-39-30-35-28(9-7-18-31)34-29(36-30)33-20-19-32;1-4-5-6-8-19-37-26-15-11-24(12-16-26)25-13-17-27(18-14-25)38-20-9-7-10-28-32-29(21-22(2)35)34-30(33-28)31-23(3)36/h10-17H,2-9,18-23,31-32H2,1H3,(H,33,34,35,36);11-18H,4-10,19-21H2,1-3H3,(H,31,32,33,34,36). The number of ether oxygens (including phenoxy) is 5. The van der Waals surface area contributed by atoms with Gasteiger partial charge in [0.2, 0.25) is 17.8 Å². The van der Waals surface area contributed by atoms with Crippen LogP contribution in [0.25, 0.3) is 22.3 Å². The quantitative estimate of drug-likeness (QED) is 0.0268. The van der Waals surface area contributed by atoms with Gasteiger partial charge in [-0.2, -0.15) is 24.9 Å². The molecule has 0 unspecified atom stereocenters. The first-order chi connectivity index (χ1) is 37.6. The molecule has 2 aromatic heterocycles. The minimum Gasteiger partial charge on any atom is -0.494 e. The summed E-state index contributed by atoms with van der Waals surface area (Å²) in [7, 11) is 0. The molecule has 0 atom stereocenters. The highest BCUT2D eigenvalue weighted by molar-refractivity contribution is 5.86. The molecule has 0 aliphatic rings. The van der Waals surface area contributed by atoms with Crippen LogP contribution in [-0.4, -0.2) is 94.3 Å². The van der Waals surface area contributed by atoms with Gasteiger partial charge >= 0.3 is 6.01 Å². The number of carbonyl (C=O) groups excluding carboxylic acids is 2. The van der Waals surface area contributed by atoms with Crippen LogP contribution in [0, 0.1) is 0 Å². The van der Waals surface area contributed by atoms with Gasteiger partial charge in [-0.1, -0.05) is 107 Å². The lowest BCUT2D eigenvalue weighted by Gasteiger charge is -2.10. The Kier molecular flexibility index (Phi) is 28.3. The average Bonchev–Trinajstić information content (AvgIpc) is 3.43. The molecule has 0 saturated heterocycles. The summed E-state index contributed by atoms with van der Waals surface area (Å²) in [5.41, 5.74) is 15.7. The smallest absolute Gasteiger partial charge is 0.321 e. The predicted molar refractivity (Wildman–Crippen MR) is 305 cm³/mol. The van der Waals surface area contributed by atoms with Crippen LogP contribution in [0.1, 0.15) is 129 Å². The lowest BCUT2D eigenvalue weighted by atomic mass is 10.1. The van der Waals surface area contributed by atoms with Crippen molar-refractivity contribution in [1.82, 2.24) is 29.9 Å². The summed E-state index contributed by atoms with van der Waals surface area (Å²) < 4.78 is 29.3. The number of anilines is 2. The van der Waals surface area contributed by atoms with Gasteiger partial charge in [0.25, 0.3) is 0 Å². The minimum atomic E-state index is -0.269. The number of nitrogens with two attached hydrogens (primary N) is 2.